The monoisotopic (exact) mass is 278 g/mol. The van der Waals surface area contributed by atoms with Crippen LogP contribution in [0.4, 0.5) is 19.0 Å². The van der Waals surface area contributed by atoms with Gasteiger partial charge < -0.3 is 5.32 Å². The van der Waals surface area contributed by atoms with Gasteiger partial charge in [0.2, 0.25) is 0 Å². The Morgan fingerprint density at radius 1 is 1.15 bits per heavy atom. The van der Waals surface area contributed by atoms with Crippen molar-refractivity contribution in [2.75, 3.05) is 5.32 Å². The summed E-state index contributed by atoms with van der Waals surface area (Å²) in [5.74, 6) is 0.0270. The summed E-state index contributed by atoms with van der Waals surface area (Å²) in [6.07, 6.45) is -0.613. The highest BCUT2D eigenvalue weighted by atomic mass is 19.4. The van der Waals surface area contributed by atoms with Crippen molar-refractivity contribution < 1.29 is 13.2 Å². The normalized spacial score (nSPS) is 12.5. The van der Waals surface area contributed by atoms with Gasteiger partial charge in [-0.15, -0.1) is 0 Å². The summed E-state index contributed by atoms with van der Waals surface area (Å²) in [5.41, 5.74) is 0.302. The van der Waals surface area contributed by atoms with E-state index in [-0.39, 0.29) is 11.4 Å². The third-order valence-corrected chi connectivity index (χ3v) is 2.56. The predicted octanol–water partition coefficient (Wildman–Crippen LogP) is 3.06. The van der Waals surface area contributed by atoms with Crippen molar-refractivity contribution in [3.63, 3.8) is 0 Å². The minimum absolute atomic E-state index is 0.00199. The zero-order valence-corrected chi connectivity index (χ0v) is 10.1. The van der Waals surface area contributed by atoms with Gasteiger partial charge in [-0.05, 0) is 17.7 Å². The largest absolute Gasteiger partial charge is 0.412 e. The molecule has 1 atom stereocenters. The number of nitriles is 1. The predicted molar refractivity (Wildman–Crippen MR) is 65.6 cm³/mol. The van der Waals surface area contributed by atoms with Crippen LogP contribution >= 0.6 is 0 Å². The van der Waals surface area contributed by atoms with Gasteiger partial charge in [-0.1, -0.05) is 12.1 Å². The smallest absolute Gasteiger partial charge is 0.354 e. The molecule has 0 bridgehead atoms. The molecule has 1 N–H and O–H groups in total. The molecule has 0 saturated heterocycles. The van der Waals surface area contributed by atoms with Crippen molar-refractivity contribution >= 4 is 5.82 Å². The first-order valence-corrected chi connectivity index (χ1v) is 5.60. The maximum Gasteiger partial charge on any atom is 0.412 e. The lowest BCUT2D eigenvalue weighted by molar-refractivity contribution is -0.144. The van der Waals surface area contributed by atoms with Crippen molar-refractivity contribution in [1.29, 1.82) is 5.26 Å². The van der Waals surface area contributed by atoms with Crippen LogP contribution < -0.4 is 5.32 Å². The summed E-state index contributed by atoms with van der Waals surface area (Å²) in [4.78, 5) is 7.47. The summed E-state index contributed by atoms with van der Waals surface area (Å²) < 4.78 is 39.3. The van der Waals surface area contributed by atoms with Crippen molar-refractivity contribution in [3.8, 4) is 6.07 Å². The molecule has 0 aliphatic heterocycles. The average molecular weight is 278 g/mol. The summed E-state index contributed by atoms with van der Waals surface area (Å²) in [7, 11) is 0. The van der Waals surface area contributed by atoms with E-state index in [9.17, 15) is 13.2 Å². The summed E-state index contributed by atoms with van der Waals surface area (Å²) in [6, 6.07) is 5.15. The van der Waals surface area contributed by atoms with Crippen LogP contribution in [-0.4, -0.2) is 16.1 Å². The number of anilines is 1. The lowest BCUT2D eigenvalue weighted by Gasteiger charge is -2.22. The van der Waals surface area contributed by atoms with E-state index in [0.717, 1.165) is 0 Å². The molecule has 0 fully saturated rings. The number of hydrogen-bond acceptors (Lipinski definition) is 4. The summed E-state index contributed by atoms with van der Waals surface area (Å²) in [6.45, 7) is 0. The van der Waals surface area contributed by atoms with Crippen LogP contribution in [0.25, 0.3) is 0 Å². The first kappa shape index (κ1) is 13.8. The second-order valence-corrected chi connectivity index (χ2v) is 3.94. The number of alkyl halides is 3. The molecule has 2 rings (SSSR count). The minimum Gasteiger partial charge on any atom is -0.354 e. The molecule has 0 saturated carbocycles. The Bertz CT molecular complexity index is 602. The van der Waals surface area contributed by atoms with Crippen LogP contribution in [-0.2, 0) is 0 Å². The SMILES string of the molecule is N#Cc1ccc(C(Nc2cnccn2)C(F)(F)F)cc1. The molecule has 1 aromatic carbocycles. The van der Waals surface area contributed by atoms with Gasteiger partial charge >= 0.3 is 6.18 Å². The molecule has 0 amide bonds. The van der Waals surface area contributed by atoms with Gasteiger partial charge in [0, 0.05) is 12.4 Å². The molecule has 0 radical (unpaired) electrons. The first-order chi connectivity index (χ1) is 9.50. The van der Waals surface area contributed by atoms with Crippen molar-refractivity contribution in [1.82, 2.24) is 9.97 Å². The van der Waals surface area contributed by atoms with Crippen molar-refractivity contribution in [2.24, 2.45) is 0 Å². The van der Waals surface area contributed by atoms with Crippen LogP contribution in [0.2, 0.25) is 0 Å². The van der Waals surface area contributed by atoms with E-state index >= 15 is 0 Å². The van der Waals surface area contributed by atoms with Gasteiger partial charge in [0.15, 0.2) is 0 Å². The van der Waals surface area contributed by atoms with E-state index in [1.165, 1.54) is 42.9 Å². The highest BCUT2D eigenvalue weighted by molar-refractivity contribution is 5.39. The Labute approximate surface area is 112 Å². The minimum atomic E-state index is -4.49. The quantitative estimate of drug-likeness (QED) is 0.937. The number of benzene rings is 1. The molecule has 20 heavy (non-hydrogen) atoms. The fraction of sp³-hybridized carbons (Fsp3) is 0.154. The van der Waals surface area contributed by atoms with E-state index in [4.69, 9.17) is 5.26 Å². The molecule has 0 aliphatic carbocycles. The molecule has 1 heterocycles. The van der Waals surface area contributed by atoms with Gasteiger partial charge in [0.05, 0.1) is 17.8 Å². The fourth-order valence-electron chi connectivity index (χ4n) is 1.63. The molecule has 2 aromatic rings. The Morgan fingerprint density at radius 2 is 1.85 bits per heavy atom. The van der Waals surface area contributed by atoms with E-state index in [1.54, 1.807) is 0 Å². The summed E-state index contributed by atoms with van der Waals surface area (Å²) >= 11 is 0. The molecule has 0 aliphatic rings. The van der Waals surface area contributed by atoms with Crippen LogP contribution in [0.1, 0.15) is 17.2 Å². The summed E-state index contributed by atoms with van der Waals surface area (Å²) in [5, 5.41) is 10.9. The van der Waals surface area contributed by atoms with Crippen molar-refractivity contribution in [3.05, 3.63) is 54.0 Å². The standard InChI is InChI=1S/C13H9F3N4/c14-13(15,16)12(20-11-8-18-5-6-19-11)10-3-1-9(7-17)2-4-10/h1-6,8,12H,(H,19,20). The second kappa shape index (κ2) is 5.57. The molecular formula is C13H9F3N4. The number of nitrogens with one attached hydrogen (secondary N) is 1. The van der Waals surface area contributed by atoms with Gasteiger partial charge in [0.25, 0.3) is 0 Å². The van der Waals surface area contributed by atoms with Crippen LogP contribution in [0.15, 0.2) is 42.9 Å². The molecule has 0 spiro atoms. The molecule has 102 valence electrons. The lowest BCUT2D eigenvalue weighted by Crippen LogP contribution is -2.28. The molecule has 1 unspecified atom stereocenters. The first-order valence-electron chi connectivity index (χ1n) is 5.60. The fourth-order valence-corrected chi connectivity index (χ4v) is 1.63. The Hall–Kier alpha value is -2.62. The second-order valence-electron chi connectivity index (χ2n) is 3.94. The van der Waals surface area contributed by atoms with E-state index < -0.39 is 12.2 Å². The Balaban J connectivity index is 2.30. The topological polar surface area (TPSA) is 61.6 Å². The zero-order valence-electron chi connectivity index (χ0n) is 10.1. The van der Waals surface area contributed by atoms with Crippen LogP contribution in [0, 0.1) is 11.3 Å². The Kier molecular flexibility index (Phi) is 3.84. The lowest BCUT2D eigenvalue weighted by atomic mass is 10.0. The number of nitrogens with zero attached hydrogens (tertiary/aromatic N) is 3. The maximum absolute atomic E-state index is 13.1. The number of halogens is 3. The molecule has 4 nitrogen and oxygen atoms in total. The number of hydrogen-bond donors (Lipinski definition) is 1. The van der Waals surface area contributed by atoms with Crippen molar-refractivity contribution in [2.45, 2.75) is 12.2 Å². The van der Waals surface area contributed by atoms with Gasteiger partial charge in [-0.25, -0.2) is 4.98 Å². The maximum atomic E-state index is 13.1. The zero-order chi connectivity index (χ0) is 14.6. The van der Waals surface area contributed by atoms with Gasteiger partial charge in [-0.2, -0.15) is 18.4 Å². The van der Waals surface area contributed by atoms with Gasteiger partial charge in [-0.3, -0.25) is 4.98 Å². The van der Waals surface area contributed by atoms with E-state index in [2.05, 4.69) is 15.3 Å². The number of aromatic nitrogens is 2. The van der Waals surface area contributed by atoms with E-state index in [0.29, 0.717) is 5.56 Å². The average Bonchev–Trinajstić information content (AvgIpc) is 2.45. The van der Waals surface area contributed by atoms with Crippen LogP contribution in [0.5, 0.6) is 0 Å². The van der Waals surface area contributed by atoms with E-state index in [1.807, 2.05) is 6.07 Å². The molecule has 1 aromatic heterocycles. The third-order valence-electron chi connectivity index (χ3n) is 2.56. The molecule has 7 heteroatoms. The highest BCUT2D eigenvalue weighted by Crippen LogP contribution is 2.35. The Morgan fingerprint density at radius 3 is 2.35 bits per heavy atom. The number of rotatable bonds is 3. The third kappa shape index (κ3) is 3.23. The molecular weight excluding hydrogens is 269 g/mol. The highest BCUT2D eigenvalue weighted by Gasteiger charge is 2.41. The van der Waals surface area contributed by atoms with Gasteiger partial charge in [0.1, 0.15) is 11.9 Å². The van der Waals surface area contributed by atoms with Crippen LogP contribution in [0.3, 0.4) is 0 Å².